The van der Waals surface area contributed by atoms with E-state index in [0.717, 1.165) is 16.9 Å². The SMILES string of the molecule is CCOC(=O)c1c(NC(=O)Cc2ccc(OC)cc2)sc(C(=O)Nc2cccc(Cl)c2)c1C. The van der Waals surface area contributed by atoms with E-state index in [0.29, 0.717) is 22.0 Å². The maximum atomic E-state index is 12.9. The number of esters is 1. The van der Waals surface area contributed by atoms with E-state index in [9.17, 15) is 14.4 Å². The Morgan fingerprint density at radius 2 is 1.79 bits per heavy atom. The second-order valence-corrected chi connectivity index (χ2v) is 8.48. The Hall–Kier alpha value is -3.36. The zero-order chi connectivity index (χ0) is 24.0. The Morgan fingerprint density at radius 3 is 2.42 bits per heavy atom. The van der Waals surface area contributed by atoms with Gasteiger partial charge in [0.05, 0.1) is 30.6 Å². The average molecular weight is 487 g/mol. The van der Waals surface area contributed by atoms with E-state index in [4.69, 9.17) is 21.1 Å². The summed E-state index contributed by atoms with van der Waals surface area (Å²) in [5.41, 5.74) is 1.89. The van der Waals surface area contributed by atoms with Crippen molar-refractivity contribution in [1.82, 2.24) is 0 Å². The third-order valence-corrected chi connectivity index (χ3v) is 6.13. The predicted octanol–water partition coefficient (Wildman–Crippen LogP) is 5.33. The molecule has 0 radical (unpaired) electrons. The predicted molar refractivity (Wildman–Crippen MR) is 130 cm³/mol. The van der Waals surface area contributed by atoms with Gasteiger partial charge in [-0.1, -0.05) is 29.8 Å². The molecule has 3 rings (SSSR count). The van der Waals surface area contributed by atoms with Crippen molar-refractivity contribution >= 4 is 51.4 Å². The fourth-order valence-corrected chi connectivity index (χ4v) is 4.42. The molecule has 0 atom stereocenters. The minimum absolute atomic E-state index is 0.0905. The number of hydrogen-bond donors (Lipinski definition) is 2. The second kappa shape index (κ2) is 11.0. The molecule has 7 nitrogen and oxygen atoms in total. The molecule has 172 valence electrons. The van der Waals surface area contributed by atoms with Crippen LogP contribution in [-0.4, -0.2) is 31.5 Å². The number of thiophene rings is 1. The van der Waals surface area contributed by atoms with Gasteiger partial charge < -0.3 is 20.1 Å². The standard InChI is InChI=1S/C24H23ClN2O5S/c1-4-32-24(30)20-14(2)21(22(29)26-17-7-5-6-16(25)13-17)33-23(20)27-19(28)12-15-8-10-18(31-3)11-9-15/h5-11,13H,4,12H2,1-3H3,(H,26,29)(H,27,28). The molecule has 0 aliphatic carbocycles. The molecule has 0 fully saturated rings. The van der Waals surface area contributed by atoms with Gasteiger partial charge in [-0.25, -0.2) is 4.79 Å². The van der Waals surface area contributed by atoms with E-state index >= 15 is 0 Å². The number of anilines is 2. The molecule has 33 heavy (non-hydrogen) atoms. The molecular formula is C24H23ClN2O5S. The second-order valence-electron chi connectivity index (χ2n) is 7.02. The molecule has 2 amide bonds. The lowest BCUT2D eigenvalue weighted by atomic mass is 10.1. The summed E-state index contributed by atoms with van der Waals surface area (Å²) < 4.78 is 10.3. The number of ether oxygens (including phenoxy) is 2. The Labute approximate surface area is 200 Å². The summed E-state index contributed by atoms with van der Waals surface area (Å²) >= 11 is 7.01. The zero-order valence-corrected chi connectivity index (χ0v) is 19.9. The lowest BCUT2D eigenvalue weighted by Crippen LogP contribution is -2.16. The highest BCUT2D eigenvalue weighted by molar-refractivity contribution is 7.19. The smallest absolute Gasteiger partial charge is 0.341 e. The van der Waals surface area contributed by atoms with Gasteiger partial charge in [0.2, 0.25) is 5.91 Å². The number of rotatable bonds is 8. The van der Waals surface area contributed by atoms with Crippen LogP contribution in [0.5, 0.6) is 5.75 Å². The van der Waals surface area contributed by atoms with Gasteiger partial charge in [-0.05, 0) is 55.3 Å². The summed E-state index contributed by atoms with van der Waals surface area (Å²) in [5.74, 6) is -0.657. The molecule has 2 aromatic carbocycles. The summed E-state index contributed by atoms with van der Waals surface area (Å²) in [5, 5.41) is 6.27. The van der Waals surface area contributed by atoms with Crippen LogP contribution < -0.4 is 15.4 Å². The fourth-order valence-electron chi connectivity index (χ4n) is 3.12. The highest BCUT2D eigenvalue weighted by Gasteiger charge is 2.26. The Bertz CT molecular complexity index is 1170. The summed E-state index contributed by atoms with van der Waals surface area (Å²) in [6.45, 7) is 3.50. The van der Waals surface area contributed by atoms with Gasteiger partial charge >= 0.3 is 5.97 Å². The molecular weight excluding hydrogens is 464 g/mol. The molecule has 0 aliphatic rings. The van der Waals surface area contributed by atoms with Gasteiger partial charge in [-0.3, -0.25) is 9.59 Å². The van der Waals surface area contributed by atoms with Crippen LogP contribution in [0.25, 0.3) is 0 Å². The third kappa shape index (κ3) is 6.12. The number of carbonyl (C=O) groups excluding carboxylic acids is 3. The number of methoxy groups -OCH3 is 1. The van der Waals surface area contributed by atoms with Crippen LogP contribution in [0.4, 0.5) is 10.7 Å². The molecule has 0 spiro atoms. The zero-order valence-electron chi connectivity index (χ0n) is 18.4. The normalized spacial score (nSPS) is 10.4. The first-order valence-electron chi connectivity index (χ1n) is 10.1. The summed E-state index contributed by atoms with van der Waals surface area (Å²) in [6.07, 6.45) is 0.0905. The minimum atomic E-state index is -0.604. The van der Waals surface area contributed by atoms with Crippen molar-refractivity contribution in [2.75, 3.05) is 24.4 Å². The fraction of sp³-hybridized carbons (Fsp3) is 0.208. The van der Waals surface area contributed by atoms with E-state index in [1.54, 1.807) is 69.5 Å². The van der Waals surface area contributed by atoms with Crippen molar-refractivity contribution in [3.8, 4) is 5.75 Å². The summed E-state index contributed by atoms with van der Waals surface area (Å²) in [6, 6.07) is 13.8. The maximum absolute atomic E-state index is 12.9. The summed E-state index contributed by atoms with van der Waals surface area (Å²) in [7, 11) is 1.57. The molecule has 2 N–H and O–H groups in total. The van der Waals surface area contributed by atoms with E-state index in [2.05, 4.69) is 10.6 Å². The molecule has 3 aromatic rings. The van der Waals surface area contributed by atoms with Crippen LogP contribution in [0.1, 0.15) is 38.1 Å². The van der Waals surface area contributed by atoms with Crippen molar-refractivity contribution < 1.29 is 23.9 Å². The Balaban J connectivity index is 1.85. The summed E-state index contributed by atoms with van der Waals surface area (Å²) in [4.78, 5) is 38.5. The largest absolute Gasteiger partial charge is 0.497 e. The molecule has 9 heteroatoms. The van der Waals surface area contributed by atoms with Crippen molar-refractivity contribution in [3.63, 3.8) is 0 Å². The van der Waals surface area contributed by atoms with Gasteiger partial charge in [0, 0.05) is 10.7 Å². The molecule has 0 unspecified atom stereocenters. The van der Waals surface area contributed by atoms with Gasteiger partial charge in [0.1, 0.15) is 10.8 Å². The topological polar surface area (TPSA) is 93.7 Å². The molecule has 0 saturated carbocycles. The first-order chi connectivity index (χ1) is 15.8. The van der Waals surface area contributed by atoms with Crippen molar-refractivity contribution in [2.45, 2.75) is 20.3 Å². The lowest BCUT2D eigenvalue weighted by Gasteiger charge is -2.08. The van der Waals surface area contributed by atoms with Gasteiger partial charge in [0.15, 0.2) is 0 Å². The first kappa shape index (κ1) is 24.3. The van der Waals surface area contributed by atoms with E-state index in [1.165, 1.54) is 0 Å². The van der Waals surface area contributed by atoms with Crippen LogP contribution >= 0.6 is 22.9 Å². The highest BCUT2D eigenvalue weighted by atomic mass is 35.5. The number of nitrogens with one attached hydrogen (secondary N) is 2. The number of amides is 2. The number of halogens is 1. The number of benzene rings is 2. The van der Waals surface area contributed by atoms with Crippen molar-refractivity contribution in [2.24, 2.45) is 0 Å². The molecule has 1 aromatic heterocycles. The highest BCUT2D eigenvalue weighted by Crippen LogP contribution is 2.34. The molecule has 0 saturated heterocycles. The van der Waals surface area contributed by atoms with Crippen LogP contribution in [0.2, 0.25) is 5.02 Å². The van der Waals surface area contributed by atoms with Crippen LogP contribution in [0.3, 0.4) is 0 Å². The maximum Gasteiger partial charge on any atom is 0.341 e. The monoisotopic (exact) mass is 486 g/mol. The van der Waals surface area contributed by atoms with E-state index in [-0.39, 0.29) is 34.4 Å². The van der Waals surface area contributed by atoms with Gasteiger partial charge in [0.25, 0.3) is 5.91 Å². The van der Waals surface area contributed by atoms with Crippen LogP contribution in [0, 0.1) is 6.92 Å². The van der Waals surface area contributed by atoms with Gasteiger partial charge in [-0.2, -0.15) is 0 Å². The Morgan fingerprint density at radius 1 is 1.06 bits per heavy atom. The molecule has 0 aliphatic heterocycles. The first-order valence-corrected chi connectivity index (χ1v) is 11.3. The van der Waals surface area contributed by atoms with E-state index in [1.807, 2.05) is 0 Å². The van der Waals surface area contributed by atoms with E-state index < -0.39 is 11.9 Å². The van der Waals surface area contributed by atoms with Crippen molar-refractivity contribution in [1.29, 1.82) is 0 Å². The van der Waals surface area contributed by atoms with Crippen LogP contribution in [-0.2, 0) is 16.0 Å². The van der Waals surface area contributed by atoms with Gasteiger partial charge in [-0.15, -0.1) is 11.3 Å². The number of carbonyl (C=O) groups is 3. The molecule has 1 heterocycles. The number of hydrogen-bond acceptors (Lipinski definition) is 6. The quantitative estimate of drug-likeness (QED) is 0.420. The van der Waals surface area contributed by atoms with Crippen molar-refractivity contribution in [3.05, 3.63) is 75.1 Å². The van der Waals surface area contributed by atoms with Crippen LogP contribution in [0.15, 0.2) is 48.5 Å². The Kier molecular flexibility index (Phi) is 8.08. The lowest BCUT2D eigenvalue weighted by molar-refractivity contribution is -0.115. The minimum Gasteiger partial charge on any atom is -0.497 e. The molecule has 0 bridgehead atoms. The third-order valence-electron chi connectivity index (χ3n) is 4.69. The average Bonchev–Trinajstić information content (AvgIpc) is 3.10.